The van der Waals surface area contributed by atoms with Gasteiger partial charge in [-0.25, -0.2) is 4.98 Å². The molecule has 1 aromatic heterocycles. The molecular formula is C15H16N2O2S. The lowest BCUT2D eigenvalue weighted by molar-refractivity contribution is -0.117. The lowest BCUT2D eigenvalue weighted by Crippen LogP contribution is -2.29. The van der Waals surface area contributed by atoms with Crippen molar-refractivity contribution in [3.8, 4) is 0 Å². The smallest absolute Gasteiger partial charge is 0.244 e. The number of nitrogens with one attached hydrogen (secondary N) is 1. The third-order valence-electron chi connectivity index (χ3n) is 2.74. The average Bonchev–Trinajstić information content (AvgIpc) is 2.89. The van der Waals surface area contributed by atoms with Crippen molar-refractivity contribution >= 4 is 23.3 Å². The largest absolute Gasteiger partial charge is 0.394 e. The number of hydrogen-bond donors (Lipinski definition) is 2. The first-order valence-corrected chi connectivity index (χ1v) is 7.13. The maximum Gasteiger partial charge on any atom is 0.244 e. The summed E-state index contributed by atoms with van der Waals surface area (Å²) in [6.45, 7) is 1.78. The Balaban J connectivity index is 1.98. The van der Waals surface area contributed by atoms with Crippen molar-refractivity contribution in [3.05, 3.63) is 58.1 Å². The maximum absolute atomic E-state index is 11.8. The predicted octanol–water partition coefficient (Wildman–Crippen LogP) is 2.31. The van der Waals surface area contributed by atoms with E-state index in [0.29, 0.717) is 0 Å². The summed E-state index contributed by atoms with van der Waals surface area (Å²) in [5.41, 5.74) is 1.64. The van der Waals surface area contributed by atoms with Gasteiger partial charge in [0, 0.05) is 11.5 Å². The van der Waals surface area contributed by atoms with Gasteiger partial charge in [0.05, 0.1) is 23.4 Å². The zero-order valence-corrected chi connectivity index (χ0v) is 11.9. The molecule has 1 amide bonds. The molecule has 1 unspecified atom stereocenters. The molecule has 0 spiro atoms. The highest BCUT2D eigenvalue weighted by Gasteiger charge is 2.11. The lowest BCUT2D eigenvalue weighted by atomic mass is 10.1. The second kappa shape index (κ2) is 6.98. The van der Waals surface area contributed by atoms with Crippen LogP contribution in [0.1, 0.15) is 22.3 Å². The minimum absolute atomic E-state index is 0.139. The van der Waals surface area contributed by atoms with Gasteiger partial charge < -0.3 is 10.4 Å². The first-order chi connectivity index (χ1) is 9.69. The molecular weight excluding hydrogens is 272 g/mol. The van der Waals surface area contributed by atoms with Gasteiger partial charge in [0.2, 0.25) is 5.91 Å². The van der Waals surface area contributed by atoms with Crippen LogP contribution >= 0.6 is 11.3 Å². The Morgan fingerprint density at radius 2 is 2.20 bits per heavy atom. The maximum atomic E-state index is 11.8. The number of hydrogen-bond acceptors (Lipinski definition) is 4. The number of carbonyl (C=O) groups is 1. The van der Waals surface area contributed by atoms with Crippen LogP contribution < -0.4 is 5.32 Å². The third kappa shape index (κ3) is 4.01. The molecule has 0 saturated carbocycles. The van der Waals surface area contributed by atoms with Crippen molar-refractivity contribution in [1.82, 2.24) is 10.3 Å². The van der Waals surface area contributed by atoms with Crippen molar-refractivity contribution in [2.75, 3.05) is 6.61 Å². The van der Waals surface area contributed by atoms with E-state index in [0.717, 1.165) is 16.3 Å². The van der Waals surface area contributed by atoms with Gasteiger partial charge in [-0.05, 0) is 18.6 Å². The quantitative estimate of drug-likeness (QED) is 0.830. The zero-order valence-electron chi connectivity index (χ0n) is 11.1. The molecule has 0 aliphatic rings. The summed E-state index contributed by atoms with van der Waals surface area (Å²) in [5, 5.41) is 15.0. The van der Waals surface area contributed by atoms with Crippen molar-refractivity contribution < 1.29 is 9.90 Å². The summed E-state index contributed by atoms with van der Waals surface area (Å²) >= 11 is 1.54. The molecule has 0 radical (unpaired) electrons. The molecule has 0 aliphatic heterocycles. The molecule has 2 aromatic rings. The van der Waals surface area contributed by atoms with Crippen LogP contribution in [0.5, 0.6) is 0 Å². The van der Waals surface area contributed by atoms with Crippen LogP contribution in [0.2, 0.25) is 0 Å². The molecule has 0 fully saturated rings. The zero-order chi connectivity index (χ0) is 14.4. The van der Waals surface area contributed by atoms with E-state index in [9.17, 15) is 9.90 Å². The van der Waals surface area contributed by atoms with E-state index >= 15 is 0 Å². The Morgan fingerprint density at radius 1 is 1.45 bits per heavy atom. The number of amides is 1. The van der Waals surface area contributed by atoms with Gasteiger partial charge in [0.1, 0.15) is 0 Å². The summed E-state index contributed by atoms with van der Waals surface area (Å²) in [5.74, 6) is -0.251. The standard InChI is InChI=1S/C15H16N2O2S/c1-11-16-13(10-20-11)7-8-15(19)17-14(9-18)12-5-3-2-4-6-12/h2-8,10,14,18H,9H2,1H3,(H,17,19)/b8-7+. The van der Waals surface area contributed by atoms with Crippen molar-refractivity contribution in [2.45, 2.75) is 13.0 Å². The summed E-state index contributed by atoms with van der Waals surface area (Å²) in [4.78, 5) is 16.1. The van der Waals surface area contributed by atoms with E-state index in [4.69, 9.17) is 0 Å². The van der Waals surface area contributed by atoms with Crippen molar-refractivity contribution in [3.63, 3.8) is 0 Å². The molecule has 5 heteroatoms. The summed E-state index contributed by atoms with van der Waals surface area (Å²) in [6, 6.07) is 8.98. The Hall–Kier alpha value is -1.98. The Labute approximate surface area is 121 Å². The normalized spacial score (nSPS) is 12.5. The van der Waals surface area contributed by atoms with Gasteiger partial charge in [0.15, 0.2) is 0 Å². The van der Waals surface area contributed by atoms with Gasteiger partial charge in [-0.1, -0.05) is 30.3 Å². The highest BCUT2D eigenvalue weighted by molar-refractivity contribution is 7.09. The van der Waals surface area contributed by atoms with E-state index in [1.54, 1.807) is 6.08 Å². The lowest BCUT2D eigenvalue weighted by Gasteiger charge is -2.15. The molecule has 1 atom stereocenters. The molecule has 1 heterocycles. The van der Waals surface area contributed by atoms with Gasteiger partial charge in [-0.3, -0.25) is 4.79 Å². The van der Waals surface area contributed by atoms with E-state index < -0.39 is 6.04 Å². The Bertz CT molecular complexity index is 593. The molecule has 104 valence electrons. The van der Waals surface area contributed by atoms with Crippen molar-refractivity contribution in [1.29, 1.82) is 0 Å². The number of aromatic nitrogens is 1. The van der Waals surface area contributed by atoms with Crippen LogP contribution in [0, 0.1) is 6.92 Å². The number of nitrogens with zero attached hydrogens (tertiary/aromatic N) is 1. The molecule has 4 nitrogen and oxygen atoms in total. The van der Waals surface area contributed by atoms with Crippen molar-refractivity contribution in [2.24, 2.45) is 0 Å². The van der Waals surface area contributed by atoms with Gasteiger partial charge in [0.25, 0.3) is 0 Å². The number of aliphatic hydroxyl groups excluding tert-OH is 1. The number of carbonyl (C=O) groups excluding carboxylic acids is 1. The molecule has 2 rings (SSSR count). The topological polar surface area (TPSA) is 62.2 Å². The third-order valence-corrected chi connectivity index (χ3v) is 3.53. The number of thiazole rings is 1. The number of benzene rings is 1. The second-order valence-corrected chi connectivity index (χ2v) is 5.34. The van der Waals surface area contributed by atoms with Gasteiger partial charge in [-0.15, -0.1) is 11.3 Å². The molecule has 0 aliphatic carbocycles. The Morgan fingerprint density at radius 3 is 2.80 bits per heavy atom. The van der Waals surface area contributed by atoms with E-state index in [2.05, 4.69) is 10.3 Å². The molecule has 1 aromatic carbocycles. The molecule has 2 N–H and O–H groups in total. The van der Waals surface area contributed by atoms with Crippen LogP contribution in [0.3, 0.4) is 0 Å². The summed E-state index contributed by atoms with van der Waals surface area (Å²) in [7, 11) is 0. The van der Waals surface area contributed by atoms with Crippen LogP contribution in [-0.2, 0) is 4.79 Å². The van der Waals surface area contributed by atoms with Crippen LogP contribution in [0.4, 0.5) is 0 Å². The first-order valence-electron chi connectivity index (χ1n) is 6.25. The fourth-order valence-corrected chi connectivity index (χ4v) is 2.34. The number of rotatable bonds is 5. The number of aryl methyl sites for hydroxylation is 1. The second-order valence-electron chi connectivity index (χ2n) is 4.28. The molecule has 0 bridgehead atoms. The molecule has 20 heavy (non-hydrogen) atoms. The van der Waals surface area contributed by atoms with Crippen LogP contribution in [0.25, 0.3) is 6.08 Å². The van der Waals surface area contributed by atoms with Gasteiger partial charge in [-0.2, -0.15) is 0 Å². The minimum atomic E-state index is -0.398. The van der Waals surface area contributed by atoms with E-state index in [-0.39, 0.29) is 12.5 Å². The van der Waals surface area contributed by atoms with E-state index in [1.807, 2.05) is 42.6 Å². The highest BCUT2D eigenvalue weighted by Crippen LogP contribution is 2.12. The Kier molecular flexibility index (Phi) is 5.03. The SMILES string of the molecule is Cc1nc(/C=C/C(=O)NC(CO)c2ccccc2)cs1. The van der Waals surface area contributed by atoms with Crippen LogP contribution in [-0.4, -0.2) is 22.6 Å². The molecule has 0 saturated heterocycles. The first kappa shape index (κ1) is 14.4. The summed E-state index contributed by atoms with van der Waals surface area (Å²) < 4.78 is 0. The average molecular weight is 288 g/mol. The predicted molar refractivity (Wildman–Crippen MR) is 80.3 cm³/mol. The fraction of sp³-hybridized carbons (Fsp3) is 0.200. The van der Waals surface area contributed by atoms with Crippen LogP contribution in [0.15, 0.2) is 41.8 Å². The highest BCUT2D eigenvalue weighted by atomic mass is 32.1. The monoisotopic (exact) mass is 288 g/mol. The van der Waals surface area contributed by atoms with Gasteiger partial charge >= 0.3 is 0 Å². The summed E-state index contributed by atoms with van der Waals surface area (Å²) in [6.07, 6.45) is 3.10. The van der Waals surface area contributed by atoms with E-state index in [1.165, 1.54) is 17.4 Å². The minimum Gasteiger partial charge on any atom is -0.394 e. The number of aliphatic hydroxyl groups is 1. The fourth-order valence-electron chi connectivity index (χ4n) is 1.76.